The minimum absolute atomic E-state index is 0. The van der Waals surface area contributed by atoms with Gasteiger partial charge >= 0.3 is 35.7 Å². The van der Waals surface area contributed by atoms with Crippen LogP contribution in [0.25, 0.3) is 11.6 Å². The van der Waals surface area contributed by atoms with Crippen LogP contribution in [0, 0.1) is 0 Å². The molecule has 2 rings (SSSR count). The zero-order valence-corrected chi connectivity index (χ0v) is 16.3. The summed E-state index contributed by atoms with van der Waals surface area (Å²) in [5, 5.41) is 11.9. The molecular weight excluding hydrogens is 389 g/mol. The molecule has 2 aromatic carbocycles. The number of carbonyl (C=O) groups excluding carboxylic acids is 1. The van der Waals surface area contributed by atoms with Gasteiger partial charge in [0.2, 0.25) is 0 Å². The number of anilines is 1. The number of nitrogen functional groups attached to an aromatic ring is 1. The summed E-state index contributed by atoms with van der Waals surface area (Å²) in [5.41, 5.74) is 4.07. The number of rotatable bonds is 3. The summed E-state index contributed by atoms with van der Waals surface area (Å²) in [5.74, 6) is -1.60. The molecule has 25 heavy (non-hydrogen) atoms. The number of hydrogen-bond donors (Lipinski definition) is 1. The molecule has 0 heterocycles. The molecule has 0 saturated heterocycles. The number of aliphatic carboxylic acids is 1. The maximum atomic E-state index is 12.7. The molecule has 3 nitrogen and oxygen atoms in total. The second-order valence-corrected chi connectivity index (χ2v) is 5.65. The van der Waals surface area contributed by atoms with Crippen LogP contribution in [0.1, 0.15) is 16.7 Å². The van der Waals surface area contributed by atoms with Crippen molar-refractivity contribution in [3.63, 3.8) is 0 Å². The number of alkyl halides is 3. The number of benzene rings is 2. The third-order valence-corrected chi connectivity index (χ3v) is 3.71. The summed E-state index contributed by atoms with van der Waals surface area (Å²) in [7, 11) is 0. The maximum Gasteiger partial charge on any atom is 1.00 e. The van der Waals surface area contributed by atoms with Crippen molar-refractivity contribution in [1.82, 2.24) is 0 Å². The average molecular weight is 398 g/mol. The van der Waals surface area contributed by atoms with E-state index < -0.39 is 23.3 Å². The van der Waals surface area contributed by atoms with Crippen molar-refractivity contribution < 1.29 is 52.6 Å². The van der Waals surface area contributed by atoms with Crippen LogP contribution >= 0.6 is 23.2 Å². The molecule has 0 amide bonds. The minimum atomic E-state index is -4.59. The standard InChI is InChI=1S/C16H10Cl2F3NO2.Na/c17-10-3-1-8(13(18)7-10)5-12(15(23)24)11-4-2-9(6-14(11)22)16(19,20)21;/h1-7H,22H2,(H,23,24);/q;+1/p-1/b12-5-;. The Morgan fingerprint density at radius 3 is 2.24 bits per heavy atom. The van der Waals surface area contributed by atoms with E-state index in [1.807, 2.05) is 0 Å². The molecule has 2 aromatic rings. The van der Waals surface area contributed by atoms with Gasteiger partial charge in [-0.1, -0.05) is 35.3 Å². The summed E-state index contributed by atoms with van der Waals surface area (Å²) in [4.78, 5) is 11.4. The van der Waals surface area contributed by atoms with Crippen molar-refractivity contribution in [2.45, 2.75) is 6.18 Å². The van der Waals surface area contributed by atoms with Crippen LogP contribution in [0.15, 0.2) is 36.4 Å². The fraction of sp³-hybridized carbons (Fsp3) is 0.0625. The number of hydrogen-bond acceptors (Lipinski definition) is 3. The van der Waals surface area contributed by atoms with Gasteiger partial charge < -0.3 is 15.6 Å². The van der Waals surface area contributed by atoms with Crippen LogP contribution in [0.5, 0.6) is 0 Å². The Labute approximate surface area is 173 Å². The fourth-order valence-corrected chi connectivity index (χ4v) is 2.47. The predicted molar refractivity (Wildman–Crippen MR) is 85.2 cm³/mol. The Kier molecular flexibility index (Phi) is 7.40. The van der Waals surface area contributed by atoms with E-state index in [4.69, 9.17) is 28.9 Å². The molecule has 0 aliphatic rings. The molecule has 2 N–H and O–H groups in total. The predicted octanol–water partition coefficient (Wildman–Crippen LogP) is 0.889. The molecule has 0 spiro atoms. The molecular formula is C16H9Cl2F3NNaO2. The Bertz CT molecular complexity index is 839. The van der Waals surface area contributed by atoms with E-state index in [9.17, 15) is 23.1 Å². The second kappa shape index (κ2) is 8.47. The Morgan fingerprint density at radius 2 is 1.76 bits per heavy atom. The number of nitrogens with two attached hydrogens (primary N) is 1. The Morgan fingerprint density at radius 1 is 1.12 bits per heavy atom. The molecule has 0 saturated carbocycles. The molecule has 0 aliphatic carbocycles. The Hall–Kier alpha value is -1.18. The van der Waals surface area contributed by atoms with Crippen molar-refractivity contribution in [1.29, 1.82) is 0 Å². The van der Waals surface area contributed by atoms with Crippen LogP contribution in [0.3, 0.4) is 0 Å². The van der Waals surface area contributed by atoms with Gasteiger partial charge in [0.1, 0.15) is 0 Å². The maximum absolute atomic E-state index is 12.7. The van der Waals surface area contributed by atoms with E-state index >= 15 is 0 Å². The number of carboxylic acids is 1. The van der Waals surface area contributed by atoms with Gasteiger partial charge in [-0.15, -0.1) is 0 Å². The molecule has 0 aliphatic heterocycles. The number of halogens is 5. The largest absolute Gasteiger partial charge is 1.00 e. The van der Waals surface area contributed by atoms with Crippen molar-refractivity contribution in [2.24, 2.45) is 0 Å². The smallest absolute Gasteiger partial charge is 0.545 e. The van der Waals surface area contributed by atoms with Gasteiger partial charge in [-0.2, -0.15) is 13.2 Å². The summed E-state index contributed by atoms with van der Waals surface area (Å²) in [6, 6.07) is 6.74. The quantitative estimate of drug-likeness (QED) is 0.362. The third-order valence-electron chi connectivity index (χ3n) is 3.15. The van der Waals surface area contributed by atoms with Gasteiger partial charge in [-0.05, 0) is 35.9 Å². The normalized spacial score (nSPS) is 11.8. The van der Waals surface area contributed by atoms with Gasteiger partial charge in [0.25, 0.3) is 0 Å². The molecule has 9 heteroatoms. The third kappa shape index (κ3) is 5.39. The van der Waals surface area contributed by atoms with Crippen LogP contribution < -0.4 is 40.4 Å². The van der Waals surface area contributed by atoms with E-state index in [0.29, 0.717) is 16.7 Å². The van der Waals surface area contributed by atoms with Gasteiger partial charge in [0, 0.05) is 26.9 Å². The van der Waals surface area contributed by atoms with Crippen LogP contribution in [-0.4, -0.2) is 5.97 Å². The van der Waals surface area contributed by atoms with Crippen LogP contribution in [0.4, 0.5) is 18.9 Å². The van der Waals surface area contributed by atoms with E-state index in [1.54, 1.807) is 0 Å². The fourth-order valence-electron chi connectivity index (χ4n) is 2.01. The van der Waals surface area contributed by atoms with Crippen LogP contribution in [0.2, 0.25) is 10.0 Å². The number of carboxylic acid groups (broad SMARTS) is 1. The average Bonchev–Trinajstić information content (AvgIpc) is 2.45. The van der Waals surface area contributed by atoms with E-state index in [2.05, 4.69) is 0 Å². The minimum Gasteiger partial charge on any atom is -0.545 e. The van der Waals surface area contributed by atoms with Crippen molar-refractivity contribution in [3.05, 3.63) is 63.1 Å². The zero-order chi connectivity index (χ0) is 18.1. The molecule has 126 valence electrons. The molecule has 0 unspecified atom stereocenters. The summed E-state index contributed by atoms with van der Waals surface area (Å²) in [6.45, 7) is 0. The second-order valence-electron chi connectivity index (χ2n) is 4.81. The summed E-state index contributed by atoms with van der Waals surface area (Å²) < 4.78 is 38.0. The van der Waals surface area contributed by atoms with Gasteiger partial charge in [-0.25, -0.2) is 0 Å². The van der Waals surface area contributed by atoms with E-state index in [1.165, 1.54) is 18.2 Å². The monoisotopic (exact) mass is 397 g/mol. The summed E-state index contributed by atoms with van der Waals surface area (Å²) >= 11 is 11.7. The first-order valence-corrected chi connectivity index (χ1v) is 7.20. The van der Waals surface area contributed by atoms with E-state index in [0.717, 1.165) is 18.2 Å². The SMILES string of the molecule is Nc1cc(C(F)(F)F)ccc1/C(=C/c1ccc(Cl)cc1Cl)C(=O)[O-].[Na+]. The van der Waals surface area contributed by atoms with Gasteiger partial charge in [0.15, 0.2) is 0 Å². The first-order chi connectivity index (χ1) is 11.1. The van der Waals surface area contributed by atoms with Crippen molar-refractivity contribution >= 4 is 46.5 Å². The number of carbonyl (C=O) groups is 1. The molecule has 0 fully saturated rings. The van der Waals surface area contributed by atoms with Crippen molar-refractivity contribution in [3.8, 4) is 0 Å². The van der Waals surface area contributed by atoms with Gasteiger partial charge in [0.05, 0.1) is 11.5 Å². The van der Waals surface area contributed by atoms with Crippen molar-refractivity contribution in [2.75, 3.05) is 5.73 Å². The Balaban J connectivity index is 0.00000312. The zero-order valence-electron chi connectivity index (χ0n) is 12.8. The summed E-state index contributed by atoms with van der Waals surface area (Å²) in [6.07, 6.45) is -3.43. The first-order valence-electron chi connectivity index (χ1n) is 6.45. The molecule has 0 atom stereocenters. The van der Waals surface area contributed by atoms with Gasteiger partial charge in [-0.3, -0.25) is 0 Å². The van der Waals surface area contributed by atoms with E-state index in [-0.39, 0.29) is 45.8 Å². The topological polar surface area (TPSA) is 66.2 Å². The van der Waals surface area contributed by atoms with Crippen LogP contribution in [-0.2, 0) is 11.0 Å². The molecule has 0 aromatic heterocycles. The molecule has 0 bridgehead atoms. The molecule has 0 radical (unpaired) electrons. The first kappa shape index (κ1) is 21.9.